The summed E-state index contributed by atoms with van der Waals surface area (Å²) in [6.07, 6.45) is -5.77. The van der Waals surface area contributed by atoms with E-state index < -0.39 is 53.7 Å². The molecule has 1 heterocycles. The number of amides is 1. The van der Waals surface area contributed by atoms with Crippen LogP contribution in [0.1, 0.15) is 13.8 Å². The van der Waals surface area contributed by atoms with Gasteiger partial charge in [-0.25, -0.2) is 4.79 Å². The van der Waals surface area contributed by atoms with Crippen LogP contribution in [0.2, 0.25) is 0 Å². The van der Waals surface area contributed by atoms with Gasteiger partial charge in [0.25, 0.3) is 0 Å². The highest BCUT2D eigenvalue weighted by Gasteiger charge is 2.51. The van der Waals surface area contributed by atoms with Crippen molar-refractivity contribution in [3.63, 3.8) is 0 Å². The fourth-order valence-electron chi connectivity index (χ4n) is 1.86. The molecule has 0 radical (unpaired) electrons. The molecule has 2 unspecified atom stereocenters. The molecule has 1 aliphatic rings. The van der Waals surface area contributed by atoms with E-state index in [2.05, 4.69) is 0 Å². The summed E-state index contributed by atoms with van der Waals surface area (Å²) in [4.78, 5) is 34.4. The Bertz CT molecular complexity index is 442. The molecule has 0 aromatic heterocycles. The zero-order valence-corrected chi connectivity index (χ0v) is 12.0. The Kier molecular flexibility index (Phi) is 5.62. The van der Waals surface area contributed by atoms with Crippen LogP contribution < -0.4 is 0 Å². The van der Waals surface area contributed by atoms with Gasteiger partial charge in [-0.1, -0.05) is 11.8 Å². The molecule has 3 atom stereocenters. The predicted octanol–water partition coefficient (Wildman–Crippen LogP) is 1.10. The van der Waals surface area contributed by atoms with Crippen LogP contribution in [0.4, 0.5) is 13.2 Å². The lowest BCUT2D eigenvalue weighted by molar-refractivity contribution is -0.186. The Balaban J connectivity index is 2.94. The highest BCUT2D eigenvalue weighted by atomic mass is 32.2. The number of carbonyl (C=O) groups is 3. The van der Waals surface area contributed by atoms with Crippen LogP contribution in [0.3, 0.4) is 0 Å². The quantitative estimate of drug-likeness (QED) is 0.832. The molecule has 1 N–H and O–H groups in total. The van der Waals surface area contributed by atoms with Crippen molar-refractivity contribution in [3.8, 4) is 0 Å². The van der Waals surface area contributed by atoms with E-state index in [0.717, 1.165) is 6.92 Å². The second-order valence-corrected chi connectivity index (χ2v) is 5.69. The third-order valence-electron chi connectivity index (χ3n) is 2.94. The van der Waals surface area contributed by atoms with E-state index in [4.69, 9.17) is 9.84 Å². The molecule has 0 bridgehead atoms. The number of ether oxygens (including phenoxy) is 1. The molecule has 21 heavy (non-hydrogen) atoms. The summed E-state index contributed by atoms with van der Waals surface area (Å²) in [7, 11) is 0. The number of halogens is 3. The lowest BCUT2D eigenvalue weighted by atomic mass is 10.1. The van der Waals surface area contributed by atoms with Gasteiger partial charge in [-0.15, -0.1) is 0 Å². The maximum absolute atomic E-state index is 12.9. The van der Waals surface area contributed by atoms with Crippen LogP contribution in [-0.4, -0.2) is 57.8 Å². The average Bonchev–Trinajstić information content (AvgIpc) is 2.68. The van der Waals surface area contributed by atoms with Crippen LogP contribution in [0.5, 0.6) is 0 Å². The van der Waals surface area contributed by atoms with E-state index in [1.807, 2.05) is 0 Å². The fourth-order valence-corrected chi connectivity index (χ4v) is 2.60. The first-order chi connectivity index (χ1) is 9.55. The Labute approximate surface area is 122 Å². The smallest absolute Gasteiger partial charge is 0.401 e. The highest BCUT2D eigenvalue weighted by molar-refractivity contribution is 8.13. The van der Waals surface area contributed by atoms with Gasteiger partial charge in [-0.2, -0.15) is 13.2 Å². The average molecular weight is 329 g/mol. The standard InChI is InChI=1S/C11H14F3NO5S/c1-5-8(10(18)19)15(4-20-5)9(17)7(11(12,13)14)3-21-6(2)16/h5,7-8H,3-4H2,1-2H3,(H,18,19)/t5?,7?,8-/m0/s1. The van der Waals surface area contributed by atoms with E-state index in [9.17, 15) is 27.6 Å². The van der Waals surface area contributed by atoms with Gasteiger partial charge in [-0.3, -0.25) is 9.59 Å². The van der Waals surface area contributed by atoms with Crippen molar-refractivity contribution >= 4 is 28.8 Å². The first-order valence-corrected chi connectivity index (χ1v) is 6.89. The molecule has 1 saturated heterocycles. The second-order valence-electron chi connectivity index (χ2n) is 4.49. The van der Waals surface area contributed by atoms with Crippen molar-refractivity contribution in [3.05, 3.63) is 0 Å². The van der Waals surface area contributed by atoms with Gasteiger partial charge >= 0.3 is 12.1 Å². The van der Waals surface area contributed by atoms with Gasteiger partial charge in [0.05, 0.1) is 6.10 Å². The minimum atomic E-state index is -4.87. The van der Waals surface area contributed by atoms with Crippen LogP contribution >= 0.6 is 11.8 Å². The Morgan fingerprint density at radius 1 is 1.43 bits per heavy atom. The lowest BCUT2D eigenvalue weighted by Gasteiger charge is -2.26. The van der Waals surface area contributed by atoms with Crippen molar-refractivity contribution in [1.29, 1.82) is 0 Å². The SMILES string of the molecule is CC(=O)SCC(C(=O)N1COC(C)[C@H]1C(=O)O)C(F)(F)F. The highest BCUT2D eigenvalue weighted by Crippen LogP contribution is 2.33. The van der Waals surface area contributed by atoms with Gasteiger partial charge in [0.1, 0.15) is 12.6 Å². The first-order valence-electron chi connectivity index (χ1n) is 5.90. The third-order valence-corrected chi connectivity index (χ3v) is 3.85. The topological polar surface area (TPSA) is 83.9 Å². The lowest BCUT2D eigenvalue weighted by Crippen LogP contribution is -2.50. The molecule has 6 nitrogen and oxygen atoms in total. The van der Waals surface area contributed by atoms with Gasteiger partial charge < -0.3 is 14.7 Å². The van der Waals surface area contributed by atoms with Crippen LogP contribution in [0, 0.1) is 5.92 Å². The van der Waals surface area contributed by atoms with Gasteiger partial charge in [0.2, 0.25) is 5.91 Å². The minimum absolute atomic E-state index is 0.369. The van der Waals surface area contributed by atoms with Crippen molar-refractivity contribution in [2.75, 3.05) is 12.5 Å². The number of carboxylic acid groups (broad SMARTS) is 1. The van der Waals surface area contributed by atoms with Crippen molar-refractivity contribution in [1.82, 2.24) is 4.90 Å². The molecule has 0 spiro atoms. The van der Waals surface area contributed by atoms with Crippen LogP contribution in [0.25, 0.3) is 0 Å². The van der Waals surface area contributed by atoms with Gasteiger partial charge in [0, 0.05) is 12.7 Å². The van der Waals surface area contributed by atoms with Crippen LogP contribution in [0.15, 0.2) is 0 Å². The van der Waals surface area contributed by atoms with E-state index >= 15 is 0 Å². The molecule has 10 heteroatoms. The number of alkyl halides is 3. The second kappa shape index (κ2) is 6.65. The third kappa shape index (κ3) is 4.34. The Morgan fingerprint density at radius 3 is 2.43 bits per heavy atom. The summed E-state index contributed by atoms with van der Waals surface area (Å²) in [6, 6.07) is -1.47. The molecule has 1 amide bonds. The molecule has 0 saturated carbocycles. The predicted molar refractivity (Wildman–Crippen MR) is 66.4 cm³/mol. The minimum Gasteiger partial charge on any atom is -0.480 e. The Morgan fingerprint density at radius 2 is 2.00 bits per heavy atom. The van der Waals surface area contributed by atoms with E-state index in [1.54, 1.807) is 0 Å². The first kappa shape index (κ1) is 17.8. The van der Waals surface area contributed by atoms with E-state index in [0.29, 0.717) is 16.7 Å². The maximum Gasteiger partial charge on any atom is 0.401 e. The summed E-state index contributed by atoms with van der Waals surface area (Å²) >= 11 is 0.369. The summed E-state index contributed by atoms with van der Waals surface area (Å²) < 4.78 is 43.7. The van der Waals surface area contributed by atoms with Crippen LogP contribution in [-0.2, 0) is 19.1 Å². The maximum atomic E-state index is 12.9. The van der Waals surface area contributed by atoms with Crippen molar-refractivity contribution in [2.24, 2.45) is 5.92 Å². The number of carboxylic acids is 1. The van der Waals surface area contributed by atoms with E-state index in [-0.39, 0.29) is 0 Å². The summed E-state index contributed by atoms with van der Waals surface area (Å²) in [5.74, 6) is -6.06. The normalized spacial score (nSPS) is 24.0. The number of hydrogen-bond acceptors (Lipinski definition) is 5. The number of nitrogens with zero attached hydrogens (tertiary/aromatic N) is 1. The molecule has 1 aliphatic heterocycles. The molecular weight excluding hydrogens is 315 g/mol. The summed E-state index contributed by atoms with van der Waals surface area (Å²) in [6.45, 7) is 1.93. The Hall–Kier alpha value is -1.29. The van der Waals surface area contributed by atoms with E-state index in [1.165, 1.54) is 6.92 Å². The fraction of sp³-hybridized carbons (Fsp3) is 0.727. The zero-order chi connectivity index (χ0) is 16.4. The largest absolute Gasteiger partial charge is 0.480 e. The van der Waals surface area contributed by atoms with Gasteiger partial charge in [-0.05, 0) is 6.92 Å². The number of rotatable bonds is 4. The molecule has 0 aliphatic carbocycles. The number of thioether (sulfide) groups is 1. The molecule has 120 valence electrons. The van der Waals surface area contributed by atoms with Gasteiger partial charge in [0.15, 0.2) is 11.2 Å². The molecule has 1 rings (SSSR count). The summed E-state index contributed by atoms with van der Waals surface area (Å²) in [5, 5.41) is 8.43. The number of carbonyl (C=O) groups excluding carboxylic acids is 2. The number of aliphatic carboxylic acids is 1. The number of hydrogen-bond donors (Lipinski definition) is 1. The molecule has 1 fully saturated rings. The molecular formula is C11H14F3NO5S. The monoisotopic (exact) mass is 329 g/mol. The molecule has 0 aromatic carbocycles. The molecule has 0 aromatic rings. The summed E-state index contributed by atoms with van der Waals surface area (Å²) in [5.41, 5.74) is 0. The van der Waals surface area contributed by atoms with Crippen molar-refractivity contribution < 1.29 is 37.4 Å². The zero-order valence-electron chi connectivity index (χ0n) is 11.2. The van der Waals surface area contributed by atoms with Crippen molar-refractivity contribution in [2.45, 2.75) is 32.2 Å².